The minimum absolute atomic E-state index is 0.0177. The number of nitrogens with one attached hydrogen (secondary N) is 6. The van der Waals surface area contributed by atoms with Crippen LogP contribution in [0.15, 0.2) is 60.7 Å². The minimum Gasteiger partial charge on any atom is -0.480 e. The SMILES string of the molecule is C[C@@H](O)[C@H](N)C(=O)NCC(=O)N[C@@H](CCCCN)C(=O)N[C@H](C(=O)N[C@@H](Cc1ccccc1)C(=O)N1CCC[C@H]1C(=O)NCC(=O)N[C@@H](Cc1ccccc1)C(=O)O)[C@@H](C)O. The molecule has 1 heterocycles. The maximum Gasteiger partial charge on any atom is 0.326 e. The first-order chi connectivity index (χ1) is 29.0. The normalized spacial score (nSPS) is 17.0. The minimum atomic E-state index is -1.62. The number of aliphatic hydroxyl groups excluding tert-OH is 2. The summed E-state index contributed by atoms with van der Waals surface area (Å²) in [5.74, 6) is -6.68. The summed E-state index contributed by atoms with van der Waals surface area (Å²) < 4.78 is 0. The standard InChI is InChI=1S/C41H59N9O11/c1-24(51)34(43)38(57)45-23-32(53)46-28(16-9-10-18-42)36(55)49-35(25(2)52)39(58)48-29(20-26-12-5-3-6-13-26)40(59)50-19-11-17-31(50)37(56)44-22-33(54)47-30(41(60)61)21-27-14-7-4-8-15-27/h3-8,12-15,24-25,28-31,34-35,51-52H,9-11,16-23,42-43H2,1-2H3,(H,44,56)(H,45,57)(H,46,53)(H,47,54)(H,48,58)(H,49,55)(H,60,61)/t24-,25-,28+,29+,30+,31+,34+,35+/m1/s1. The first kappa shape index (κ1) is 49.4. The summed E-state index contributed by atoms with van der Waals surface area (Å²) >= 11 is 0. The number of aliphatic hydroxyl groups is 2. The van der Waals surface area contributed by atoms with Crippen LogP contribution in [0.2, 0.25) is 0 Å². The van der Waals surface area contributed by atoms with Gasteiger partial charge in [-0.05, 0) is 63.6 Å². The van der Waals surface area contributed by atoms with Crippen molar-refractivity contribution in [1.29, 1.82) is 0 Å². The van der Waals surface area contributed by atoms with Gasteiger partial charge >= 0.3 is 5.97 Å². The molecule has 2 aromatic rings. The van der Waals surface area contributed by atoms with E-state index in [0.717, 1.165) is 0 Å². The highest BCUT2D eigenvalue weighted by Gasteiger charge is 2.39. The van der Waals surface area contributed by atoms with Gasteiger partial charge in [-0.15, -0.1) is 0 Å². The van der Waals surface area contributed by atoms with Crippen LogP contribution in [0.25, 0.3) is 0 Å². The van der Waals surface area contributed by atoms with Crippen molar-refractivity contribution in [2.45, 2.75) is 107 Å². The van der Waals surface area contributed by atoms with Crippen LogP contribution < -0.4 is 43.4 Å². The third kappa shape index (κ3) is 16.2. The van der Waals surface area contributed by atoms with E-state index >= 15 is 0 Å². The Morgan fingerprint density at radius 2 is 1.26 bits per heavy atom. The van der Waals surface area contributed by atoms with Crippen molar-refractivity contribution in [1.82, 2.24) is 36.8 Å². The molecule has 20 nitrogen and oxygen atoms in total. The monoisotopic (exact) mass is 853 g/mol. The lowest BCUT2D eigenvalue weighted by molar-refractivity contribution is -0.143. The van der Waals surface area contributed by atoms with Gasteiger partial charge in [-0.2, -0.15) is 0 Å². The smallest absolute Gasteiger partial charge is 0.326 e. The van der Waals surface area contributed by atoms with Gasteiger partial charge in [0.15, 0.2) is 0 Å². The van der Waals surface area contributed by atoms with Gasteiger partial charge in [-0.1, -0.05) is 60.7 Å². The van der Waals surface area contributed by atoms with E-state index in [2.05, 4.69) is 31.9 Å². The molecule has 7 amide bonds. The molecule has 20 heteroatoms. The van der Waals surface area contributed by atoms with Crippen LogP contribution in [0, 0.1) is 0 Å². The topological polar surface area (TPSA) is 325 Å². The number of carboxylic acids is 1. The summed E-state index contributed by atoms with van der Waals surface area (Å²) in [6.07, 6.45) is -1.10. The fourth-order valence-corrected chi connectivity index (χ4v) is 6.57. The number of rotatable bonds is 24. The first-order valence-corrected chi connectivity index (χ1v) is 20.2. The maximum absolute atomic E-state index is 14.2. The summed E-state index contributed by atoms with van der Waals surface area (Å²) in [6.45, 7) is 1.84. The van der Waals surface area contributed by atoms with Crippen LogP contribution in [-0.2, 0) is 51.2 Å². The largest absolute Gasteiger partial charge is 0.480 e. The molecule has 3 rings (SSSR count). The van der Waals surface area contributed by atoms with Gasteiger partial charge in [0.1, 0.15) is 36.3 Å². The molecule has 1 aliphatic heterocycles. The highest BCUT2D eigenvalue weighted by atomic mass is 16.4. The molecule has 1 fully saturated rings. The number of unbranched alkanes of at least 4 members (excludes halogenated alkanes) is 1. The van der Waals surface area contributed by atoms with E-state index in [1.54, 1.807) is 60.7 Å². The van der Waals surface area contributed by atoms with Gasteiger partial charge in [-0.25, -0.2) is 4.79 Å². The molecule has 8 atom stereocenters. The second-order valence-electron chi connectivity index (χ2n) is 14.9. The molecule has 2 aromatic carbocycles. The summed E-state index contributed by atoms with van der Waals surface area (Å²) in [6, 6.07) is 9.64. The molecule has 0 bridgehead atoms. The fraction of sp³-hybridized carbons (Fsp3) is 0.512. The Morgan fingerprint density at radius 1 is 0.705 bits per heavy atom. The molecular weight excluding hydrogens is 795 g/mol. The highest BCUT2D eigenvalue weighted by Crippen LogP contribution is 2.20. The molecule has 1 aliphatic rings. The number of carbonyl (C=O) groups is 8. The zero-order chi connectivity index (χ0) is 45.1. The van der Waals surface area contributed by atoms with Crippen LogP contribution >= 0.6 is 0 Å². The Balaban J connectivity index is 1.73. The summed E-state index contributed by atoms with van der Waals surface area (Å²) in [5.41, 5.74) is 12.5. The number of hydrogen-bond donors (Lipinski definition) is 11. The van der Waals surface area contributed by atoms with Crippen molar-refractivity contribution >= 4 is 47.3 Å². The van der Waals surface area contributed by atoms with Crippen LogP contribution in [0.5, 0.6) is 0 Å². The Labute approximate surface area is 353 Å². The van der Waals surface area contributed by atoms with Gasteiger partial charge in [0.05, 0.1) is 25.3 Å². The van der Waals surface area contributed by atoms with Gasteiger partial charge in [0, 0.05) is 19.4 Å². The molecule has 0 aliphatic carbocycles. The predicted octanol–water partition coefficient (Wildman–Crippen LogP) is -3.06. The Bertz CT molecular complexity index is 1800. The van der Waals surface area contributed by atoms with Crippen LogP contribution in [0.4, 0.5) is 0 Å². The summed E-state index contributed by atoms with van der Waals surface area (Å²) in [5, 5.41) is 44.7. The number of benzene rings is 2. The van der Waals surface area contributed by atoms with Gasteiger partial charge < -0.3 is 63.6 Å². The van der Waals surface area contributed by atoms with Crippen molar-refractivity contribution in [2.75, 3.05) is 26.2 Å². The number of carboxylic acid groups (broad SMARTS) is 1. The number of carbonyl (C=O) groups excluding carboxylic acids is 7. The van der Waals surface area contributed by atoms with Crippen molar-refractivity contribution < 1.29 is 53.7 Å². The Hall–Kier alpha value is -5.96. The Morgan fingerprint density at radius 3 is 1.80 bits per heavy atom. The average molecular weight is 854 g/mol. The van der Waals surface area contributed by atoms with Crippen LogP contribution in [-0.4, -0.2) is 142 Å². The second-order valence-corrected chi connectivity index (χ2v) is 14.9. The predicted molar refractivity (Wildman–Crippen MR) is 221 cm³/mol. The van der Waals surface area contributed by atoms with Crippen LogP contribution in [0.1, 0.15) is 57.1 Å². The lowest BCUT2D eigenvalue weighted by Gasteiger charge is -2.31. The molecule has 0 aromatic heterocycles. The molecular formula is C41H59N9O11. The number of amides is 7. The zero-order valence-electron chi connectivity index (χ0n) is 34.4. The molecule has 61 heavy (non-hydrogen) atoms. The lowest BCUT2D eigenvalue weighted by Crippen LogP contribution is -2.61. The second kappa shape index (κ2) is 25.0. The number of nitrogens with zero attached hydrogens (tertiary/aromatic N) is 1. The zero-order valence-corrected chi connectivity index (χ0v) is 34.4. The Kier molecular flexibility index (Phi) is 20.2. The van der Waals surface area contributed by atoms with Crippen LogP contribution in [0.3, 0.4) is 0 Å². The molecule has 0 unspecified atom stereocenters. The molecule has 0 radical (unpaired) electrons. The van der Waals surface area contributed by atoms with E-state index in [-0.39, 0.29) is 32.2 Å². The summed E-state index contributed by atoms with van der Waals surface area (Å²) in [7, 11) is 0. The molecule has 334 valence electrons. The molecule has 1 saturated heterocycles. The van der Waals surface area contributed by atoms with Crippen molar-refractivity contribution in [3.8, 4) is 0 Å². The first-order valence-electron chi connectivity index (χ1n) is 20.2. The fourth-order valence-electron chi connectivity index (χ4n) is 6.57. The van der Waals surface area contributed by atoms with Crippen molar-refractivity contribution in [2.24, 2.45) is 11.5 Å². The van der Waals surface area contributed by atoms with Gasteiger partial charge in [-0.3, -0.25) is 33.6 Å². The summed E-state index contributed by atoms with van der Waals surface area (Å²) in [4.78, 5) is 106. The number of aliphatic carboxylic acids is 1. The van der Waals surface area contributed by atoms with E-state index in [1.165, 1.54) is 18.7 Å². The van der Waals surface area contributed by atoms with E-state index in [4.69, 9.17) is 11.5 Å². The third-order valence-electron chi connectivity index (χ3n) is 9.98. The van der Waals surface area contributed by atoms with Gasteiger partial charge in [0.25, 0.3) is 0 Å². The van der Waals surface area contributed by atoms with E-state index in [9.17, 15) is 53.7 Å². The van der Waals surface area contributed by atoms with Gasteiger partial charge in [0.2, 0.25) is 41.4 Å². The third-order valence-corrected chi connectivity index (χ3v) is 9.98. The average Bonchev–Trinajstić information content (AvgIpc) is 3.73. The van der Waals surface area contributed by atoms with E-state index in [1.807, 2.05) is 0 Å². The van der Waals surface area contributed by atoms with Crippen molar-refractivity contribution in [3.63, 3.8) is 0 Å². The molecule has 13 N–H and O–H groups in total. The van der Waals surface area contributed by atoms with E-state index < -0.39 is 109 Å². The quantitative estimate of drug-likeness (QED) is 0.0468. The lowest BCUT2D eigenvalue weighted by atomic mass is 10.0. The molecule has 0 spiro atoms. The van der Waals surface area contributed by atoms with E-state index in [0.29, 0.717) is 36.9 Å². The van der Waals surface area contributed by atoms with Crippen molar-refractivity contribution in [3.05, 3.63) is 71.8 Å². The number of hydrogen-bond acceptors (Lipinski definition) is 12. The maximum atomic E-state index is 14.2. The number of likely N-dealkylation sites (tertiary alicyclic amines) is 1. The number of nitrogens with two attached hydrogens (primary N) is 2. The highest BCUT2D eigenvalue weighted by molar-refractivity contribution is 5.97. The molecule has 0 saturated carbocycles.